The summed E-state index contributed by atoms with van der Waals surface area (Å²) in [4.78, 5) is 28.1. The molecule has 0 amide bonds. The van der Waals surface area contributed by atoms with E-state index in [0.29, 0.717) is 21.8 Å². The third-order valence-corrected chi connectivity index (χ3v) is 13.5. The number of aromatic nitrogens is 4. The summed E-state index contributed by atoms with van der Waals surface area (Å²) in [5.41, 5.74) is 12.7. The van der Waals surface area contributed by atoms with Gasteiger partial charge in [0, 0.05) is 82.2 Å². The van der Waals surface area contributed by atoms with E-state index in [9.17, 15) is 4.79 Å². The lowest BCUT2D eigenvalue weighted by atomic mass is 10.0. The van der Waals surface area contributed by atoms with Gasteiger partial charge in [0.05, 0.1) is 27.1 Å². The number of anilines is 2. The number of hydrogen-bond donors (Lipinski definition) is 0. The van der Waals surface area contributed by atoms with Crippen LogP contribution in [0, 0.1) is 0 Å². The van der Waals surface area contributed by atoms with E-state index in [4.69, 9.17) is 33.2 Å². The molecule has 0 unspecified atom stereocenters. The molecule has 0 aliphatic heterocycles. The molecule has 0 aliphatic carbocycles. The predicted molar refractivity (Wildman–Crippen MR) is 301 cm³/mol. The summed E-state index contributed by atoms with van der Waals surface area (Å²) in [6.45, 7) is 12.4. The minimum atomic E-state index is 0.0761. The molecule has 0 aliphatic rings. The molecule has 10 rings (SSSR count). The SMILES string of the molecule is CCN(CC)c1ccc(C(=O)c2ccc(N(CC)CC)cc2)cc1.Clc1ccccc1-c1nc(-n2c(-c3ccccc3Cl)nc(-c3ccccc3)c2-c2ccccc2)n(-c2ccccc2)c1-c1ccccc1. The van der Waals surface area contributed by atoms with E-state index in [-0.39, 0.29) is 5.78 Å². The van der Waals surface area contributed by atoms with Crippen molar-refractivity contribution < 1.29 is 4.79 Å². The molecule has 8 aromatic carbocycles. The maximum atomic E-state index is 12.7. The van der Waals surface area contributed by atoms with Crippen molar-refractivity contribution in [1.29, 1.82) is 0 Å². The average Bonchev–Trinajstić information content (AvgIpc) is 4.03. The van der Waals surface area contributed by atoms with Crippen LogP contribution in [0.15, 0.2) is 218 Å². The lowest BCUT2D eigenvalue weighted by Gasteiger charge is -2.21. The Morgan fingerprint density at radius 2 is 0.806 bits per heavy atom. The number of halogens is 2. The lowest BCUT2D eigenvalue weighted by Crippen LogP contribution is -2.22. The van der Waals surface area contributed by atoms with Crippen LogP contribution in [0.25, 0.3) is 68.1 Å². The molecule has 10 aromatic rings. The second-order valence-corrected chi connectivity index (χ2v) is 17.9. The molecule has 7 nitrogen and oxygen atoms in total. The van der Waals surface area contributed by atoms with Crippen molar-refractivity contribution in [1.82, 2.24) is 19.1 Å². The highest BCUT2D eigenvalue weighted by Crippen LogP contribution is 2.44. The number of rotatable bonds is 15. The van der Waals surface area contributed by atoms with Crippen LogP contribution < -0.4 is 9.80 Å². The summed E-state index contributed by atoms with van der Waals surface area (Å²) in [7, 11) is 0. The van der Waals surface area contributed by atoms with Crippen LogP contribution in [0.2, 0.25) is 10.0 Å². The van der Waals surface area contributed by atoms with Crippen LogP contribution in [-0.2, 0) is 0 Å². The number of hydrogen-bond acceptors (Lipinski definition) is 5. The van der Waals surface area contributed by atoms with Gasteiger partial charge in [-0.1, -0.05) is 163 Å². The highest BCUT2D eigenvalue weighted by molar-refractivity contribution is 6.33. The van der Waals surface area contributed by atoms with Gasteiger partial charge in [-0.05, 0) is 107 Å². The van der Waals surface area contributed by atoms with E-state index in [1.54, 1.807) is 0 Å². The van der Waals surface area contributed by atoms with E-state index in [2.05, 4.69) is 95.2 Å². The Morgan fingerprint density at radius 1 is 0.417 bits per heavy atom. The van der Waals surface area contributed by atoms with Crippen molar-refractivity contribution in [3.63, 3.8) is 0 Å². The Morgan fingerprint density at radius 3 is 1.25 bits per heavy atom. The standard InChI is InChI=1S/C42H28Cl2N4.C21H28N2O/c43-35-27-15-13-25-33(35)38-40(31-21-9-3-10-22-31)47(32-23-11-4-12-24-32)42(46-38)48-39(30-19-7-2-8-20-30)37(29-17-5-1-6-18-29)45-41(48)34-26-14-16-28-36(34)44;1-5-22(6-2)19-13-9-17(10-14-19)21(24)18-11-15-20(16-12-18)23(7-3)8-4/h1-28H;9-16H,5-8H2,1-4H3. The Balaban J connectivity index is 0.000000225. The highest BCUT2D eigenvalue weighted by Gasteiger charge is 2.30. The van der Waals surface area contributed by atoms with Gasteiger partial charge in [0.2, 0.25) is 5.95 Å². The largest absolute Gasteiger partial charge is 0.372 e. The topological polar surface area (TPSA) is 59.2 Å². The molecule has 2 heterocycles. The molecule has 0 atom stereocenters. The fourth-order valence-corrected chi connectivity index (χ4v) is 9.62. The third-order valence-electron chi connectivity index (χ3n) is 12.9. The van der Waals surface area contributed by atoms with Gasteiger partial charge in [-0.2, -0.15) is 0 Å². The molecular weight excluding hydrogens is 928 g/mol. The second-order valence-electron chi connectivity index (χ2n) is 17.1. The summed E-state index contributed by atoms with van der Waals surface area (Å²) in [6.07, 6.45) is 0. The first kappa shape index (κ1) is 49.0. The first-order chi connectivity index (χ1) is 35.3. The molecular formula is C63H56Cl2N6O. The Kier molecular flexibility index (Phi) is 15.6. The Hall–Kier alpha value is -7.97. The first-order valence-corrected chi connectivity index (χ1v) is 25.3. The number of ketones is 1. The normalized spacial score (nSPS) is 10.9. The van der Waals surface area contributed by atoms with Gasteiger partial charge in [0.15, 0.2) is 5.78 Å². The van der Waals surface area contributed by atoms with Crippen LogP contribution in [0.1, 0.15) is 43.6 Å². The smallest absolute Gasteiger partial charge is 0.221 e. The van der Waals surface area contributed by atoms with Gasteiger partial charge in [0.25, 0.3) is 0 Å². The number of nitrogens with zero attached hydrogens (tertiary/aromatic N) is 6. The monoisotopic (exact) mass is 982 g/mol. The fraction of sp³-hybridized carbons (Fsp3) is 0.127. The summed E-state index contributed by atoms with van der Waals surface area (Å²) in [6, 6.07) is 72.7. The Bertz CT molecular complexity index is 3310. The van der Waals surface area contributed by atoms with Crippen LogP contribution in [-0.4, -0.2) is 51.1 Å². The molecule has 0 fully saturated rings. The summed E-state index contributed by atoms with van der Waals surface area (Å²) in [5.74, 6) is 1.40. The molecule has 9 heteroatoms. The van der Waals surface area contributed by atoms with Crippen molar-refractivity contribution >= 4 is 40.4 Å². The number of para-hydroxylation sites is 1. The van der Waals surface area contributed by atoms with Gasteiger partial charge in [0.1, 0.15) is 11.5 Å². The van der Waals surface area contributed by atoms with Crippen molar-refractivity contribution in [3.8, 4) is 68.1 Å². The maximum absolute atomic E-state index is 12.7. The number of carbonyl (C=O) groups excluding carboxylic acids is 1. The maximum Gasteiger partial charge on any atom is 0.221 e. The molecule has 0 radical (unpaired) electrons. The number of carbonyl (C=O) groups is 1. The van der Waals surface area contributed by atoms with Gasteiger partial charge in [-0.3, -0.25) is 13.9 Å². The predicted octanol–water partition coefficient (Wildman–Crippen LogP) is 16.3. The molecule has 0 bridgehead atoms. The van der Waals surface area contributed by atoms with Crippen LogP contribution >= 0.6 is 23.2 Å². The summed E-state index contributed by atoms with van der Waals surface area (Å²) >= 11 is 13.9. The van der Waals surface area contributed by atoms with Gasteiger partial charge >= 0.3 is 0 Å². The van der Waals surface area contributed by atoms with E-state index < -0.39 is 0 Å². The van der Waals surface area contributed by atoms with Gasteiger partial charge < -0.3 is 9.80 Å². The molecule has 358 valence electrons. The van der Waals surface area contributed by atoms with Crippen molar-refractivity contribution in [2.75, 3.05) is 36.0 Å². The molecule has 0 saturated carbocycles. The van der Waals surface area contributed by atoms with E-state index >= 15 is 0 Å². The summed E-state index contributed by atoms with van der Waals surface area (Å²) in [5, 5.41) is 1.21. The zero-order valence-electron chi connectivity index (χ0n) is 41.0. The molecule has 72 heavy (non-hydrogen) atoms. The minimum Gasteiger partial charge on any atom is -0.372 e. The highest BCUT2D eigenvalue weighted by atomic mass is 35.5. The zero-order valence-corrected chi connectivity index (χ0v) is 42.5. The van der Waals surface area contributed by atoms with Crippen molar-refractivity contribution in [2.24, 2.45) is 0 Å². The molecule has 0 saturated heterocycles. The second kappa shape index (κ2) is 22.8. The van der Waals surface area contributed by atoms with Crippen LogP contribution in [0.3, 0.4) is 0 Å². The summed E-state index contributed by atoms with van der Waals surface area (Å²) < 4.78 is 4.36. The number of imidazole rings is 2. The van der Waals surface area contributed by atoms with Gasteiger partial charge in [-0.25, -0.2) is 9.97 Å². The first-order valence-electron chi connectivity index (χ1n) is 24.5. The quantitative estimate of drug-likeness (QED) is 0.0958. The van der Waals surface area contributed by atoms with Gasteiger partial charge in [-0.15, -0.1) is 0 Å². The molecule has 2 aromatic heterocycles. The molecule has 0 spiro atoms. The van der Waals surface area contributed by atoms with Crippen molar-refractivity contribution in [3.05, 3.63) is 240 Å². The van der Waals surface area contributed by atoms with Crippen molar-refractivity contribution in [2.45, 2.75) is 27.7 Å². The van der Waals surface area contributed by atoms with E-state index in [1.165, 1.54) is 0 Å². The third kappa shape index (κ3) is 10.3. The van der Waals surface area contributed by atoms with Crippen LogP contribution in [0.4, 0.5) is 11.4 Å². The fourth-order valence-electron chi connectivity index (χ4n) is 9.17. The van der Waals surface area contributed by atoms with E-state index in [1.807, 2.05) is 170 Å². The average molecular weight is 984 g/mol. The zero-order chi connectivity index (χ0) is 50.0. The Labute approximate surface area is 433 Å². The number of benzene rings is 8. The molecule has 0 N–H and O–H groups in total. The van der Waals surface area contributed by atoms with Crippen LogP contribution in [0.5, 0.6) is 0 Å². The van der Waals surface area contributed by atoms with E-state index in [0.717, 1.165) is 105 Å². The minimum absolute atomic E-state index is 0.0761. The lowest BCUT2D eigenvalue weighted by molar-refractivity contribution is 0.103.